The average Bonchev–Trinajstić information content (AvgIpc) is 3.02. The number of nitrogens with two attached hydrogens (primary N) is 1. The normalized spacial score (nSPS) is 16.8. The number of ether oxygens (including phenoxy) is 1. The highest BCUT2D eigenvalue weighted by atomic mass is 32.1. The summed E-state index contributed by atoms with van der Waals surface area (Å²) in [6.45, 7) is 4.70. The van der Waals surface area contributed by atoms with Crippen molar-refractivity contribution in [3.63, 3.8) is 0 Å². The molecular formula is C19H21N3OS. The van der Waals surface area contributed by atoms with Crippen LogP contribution in [0.5, 0.6) is 5.75 Å². The smallest absolute Gasteiger partial charge is 0.187 e. The molecule has 5 heteroatoms. The Kier molecular flexibility index (Phi) is 4.81. The summed E-state index contributed by atoms with van der Waals surface area (Å²) >= 11 is 5.20. The molecule has 1 heterocycles. The van der Waals surface area contributed by atoms with Gasteiger partial charge in [-0.1, -0.05) is 42.0 Å². The molecule has 4 nitrogen and oxygen atoms in total. The van der Waals surface area contributed by atoms with Crippen LogP contribution in [0, 0.1) is 6.92 Å². The van der Waals surface area contributed by atoms with Crippen molar-refractivity contribution >= 4 is 23.0 Å². The van der Waals surface area contributed by atoms with E-state index in [0.717, 1.165) is 29.0 Å². The molecule has 2 aromatic carbocycles. The van der Waals surface area contributed by atoms with Gasteiger partial charge in [-0.3, -0.25) is 0 Å². The van der Waals surface area contributed by atoms with Gasteiger partial charge in [-0.15, -0.1) is 0 Å². The second kappa shape index (κ2) is 7.01. The molecule has 0 aliphatic carbocycles. The lowest BCUT2D eigenvalue weighted by Crippen LogP contribution is -2.31. The molecule has 0 fully saturated rings. The van der Waals surface area contributed by atoms with Crippen molar-refractivity contribution in [2.24, 2.45) is 10.8 Å². The number of hydrazone groups is 1. The van der Waals surface area contributed by atoms with E-state index in [9.17, 15) is 0 Å². The van der Waals surface area contributed by atoms with Crippen LogP contribution in [0.1, 0.15) is 36.1 Å². The van der Waals surface area contributed by atoms with Gasteiger partial charge in [-0.2, -0.15) is 5.10 Å². The molecule has 1 aliphatic heterocycles. The molecule has 24 heavy (non-hydrogen) atoms. The van der Waals surface area contributed by atoms with E-state index < -0.39 is 0 Å². The van der Waals surface area contributed by atoms with Crippen molar-refractivity contribution in [3.8, 4) is 5.75 Å². The maximum absolute atomic E-state index is 5.89. The van der Waals surface area contributed by atoms with E-state index in [2.05, 4.69) is 48.4 Å². The first-order chi connectivity index (χ1) is 11.6. The third kappa shape index (κ3) is 3.41. The monoisotopic (exact) mass is 339 g/mol. The molecule has 1 aliphatic rings. The first-order valence-corrected chi connectivity index (χ1v) is 8.45. The van der Waals surface area contributed by atoms with Gasteiger partial charge in [0.25, 0.3) is 0 Å². The lowest BCUT2D eigenvalue weighted by atomic mass is 9.98. The quantitative estimate of drug-likeness (QED) is 0.861. The zero-order valence-electron chi connectivity index (χ0n) is 13.9. The van der Waals surface area contributed by atoms with Crippen LogP contribution < -0.4 is 10.5 Å². The van der Waals surface area contributed by atoms with Crippen LogP contribution in [0.3, 0.4) is 0 Å². The summed E-state index contributed by atoms with van der Waals surface area (Å²) in [7, 11) is 0. The van der Waals surface area contributed by atoms with E-state index in [0.29, 0.717) is 6.61 Å². The molecule has 3 rings (SSSR count). The summed E-state index contributed by atoms with van der Waals surface area (Å²) < 4.78 is 5.51. The van der Waals surface area contributed by atoms with E-state index in [4.69, 9.17) is 22.7 Å². The molecular weight excluding hydrogens is 318 g/mol. The number of aryl methyl sites for hydroxylation is 1. The van der Waals surface area contributed by atoms with Gasteiger partial charge < -0.3 is 10.5 Å². The highest BCUT2D eigenvalue weighted by Gasteiger charge is 2.30. The fourth-order valence-electron chi connectivity index (χ4n) is 2.85. The SMILES string of the molecule is CCOc1ccc([C@@H]2CC(c3ccc(C)cc3)=NN2C(N)=S)cc1. The molecule has 2 aromatic rings. The summed E-state index contributed by atoms with van der Waals surface area (Å²) in [6.07, 6.45) is 0.772. The van der Waals surface area contributed by atoms with Gasteiger partial charge >= 0.3 is 0 Å². The number of benzene rings is 2. The van der Waals surface area contributed by atoms with Crippen LogP contribution in [-0.2, 0) is 0 Å². The van der Waals surface area contributed by atoms with Gasteiger partial charge in [0, 0.05) is 6.42 Å². The third-order valence-corrected chi connectivity index (χ3v) is 4.28. The minimum atomic E-state index is 0.0227. The molecule has 0 bridgehead atoms. The topological polar surface area (TPSA) is 50.8 Å². The summed E-state index contributed by atoms with van der Waals surface area (Å²) in [5.74, 6) is 0.862. The van der Waals surface area contributed by atoms with Gasteiger partial charge in [-0.05, 0) is 49.3 Å². The highest BCUT2D eigenvalue weighted by Crippen LogP contribution is 2.33. The van der Waals surface area contributed by atoms with Crippen LogP contribution in [0.25, 0.3) is 0 Å². The second-order valence-corrected chi connectivity index (χ2v) is 6.24. The van der Waals surface area contributed by atoms with E-state index >= 15 is 0 Å². The molecule has 2 N–H and O–H groups in total. The van der Waals surface area contributed by atoms with Gasteiger partial charge in [0.1, 0.15) is 5.75 Å². The summed E-state index contributed by atoms with van der Waals surface area (Å²) in [4.78, 5) is 0. The first kappa shape index (κ1) is 16.5. The average molecular weight is 339 g/mol. The van der Waals surface area contributed by atoms with Crippen LogP contribution in [-0.4, -0.2) is 22.4 Å². The fraction of sp³-hybridized carbons (Fsp3) is 0.263. The summed E-state index contributed by atoms with van der Waals surface area (Å²) in [5.41, 5.74) is 10.4. The van der Waals surface area contributed by atoms with Crippen LogP contribution in [0.2, 0.25) is 0 Å². The number of hydrogen-bond acceptors (Lipinski definition) is 3. The lowest BCUT2D eigenvalue weighted by Gasteiger charge is -2.22. The molecule has 0 radical (unpaired) electrons. The minimum Gasteiger partial charge on any atom is -0.494 e. The van der Waals surface area contributed by atoms with Crippen molar-refractivity contribution in [2.75, 3.05) is 6.61 Å². The van der Waals surface area contributed by atoms with Crippen molar-refractivity contribution in [2.45, 2.75) is 26.3 Å². The maximum atomic E-state index is 5.89. The largest absolute Gasteiger partial charge is 0.494 e. The molecule has 124 valence electrons. The Labute approximate surface area is 147 Å². The zero-order chi connectivity index (χ0) is 17.1. The molecule has 0 spiro atoms. The number of nitrogens with zero attached hydrogens (tertiary/aromatic N) is 2. The van der Waals surface area contributed by atoms with E-state index in [1.165, 1.54) is 5.56 Å². The van der Waals surface area contributed by atoms with Crippen LogP contribution in [0.15, 0.2) is 53.6 Å². The lowest BCUT2D eigenvalue weighted by molar-refractivity contribution is 0.339. The molecule has 0 amide bonds. The minimum absolute atomic E-state index is 0.0227. The Morgan fingerprint density at radius 1 is 1.21 bits per heavy atom. The van der Waals surface area contributed by atoms with Crippen LogP contribution >= 0.6 is 12.2 Å². The van der Waals surface area contributed by atoms with E-state index in [1.807, 2.05) is 19.1 Å². The molecule has 0 aromatic heterocycles. The van der Waals surface area contributed by atoms with E-state index in [-0.39, 0.29) is 11.2 Å². The molecule has 0 saturated heterocycles. The summed E-state index contributed by atoms with van der Waals surface area (Å²) in [6, 6.07) is 16.4. The fourth-order valence-corrected chi connectivity index (χ4v) is 3.01. The van der Waals surface area contributed by atoms with Crippen molar-refractivity contribution in [3.05, 3.63) is 65.2 Å². The predicted molar refractivity (Wildman–Crippen MR) is 101 cm³/mol. The number of rotatable bonds is 4. The zero-order valence-corrected chi connectivity index (χ0v) is 14.7. The van der Waals surface area contributed by atoms with Gasteiger partial charge in [0.05, 0.1) is 18.4 Å². The first-order valence-electron chi connectivity index (χ1n) is 8.04. The van der Waals surface area contributed by atoms with Crippen molar-refractivity contribution in [1.82, 2.24) is 5.01 Å². The third-order valence-electron chi connectivity index (χ3n) is 4.10. The number of thiocarbonyl (C=S) groups is 1. The standard InChI is InChI=1S/C19H21N3OS/c1-3-23-16-10-8-15(9-11-16)18-12-17(21-22(18)19(20)24)14-6-4-13(2)5-7-14/h4-11,18H,3,12H2,1-2H3,(H2,20,24)/t18-/m0/s1. The van der Waals surface area contributed by atoms with Crippen molar-refractivity contribution in [1.29, 1.82) is 0 Å². The Morgan fingerprint density at radius 3 is 2.46 bits per heavy atom. The number of hydrogen-bond donors (Lipinski definition) is 1. The van der Waals surface area contributed by atoms with Crippen LogP contribution in [0.4, 0.5) is 0 Å². The molecule has 0 saturated carbocycles. The predicted octanol–water partition coefficient (Wildman–Crippen LogP) is 3.79. The second-order valence-electron chi connectivity index (χ2n) is 5.82. The Morgan fingerprint density at radius 2 is 1.88 bits per heavy atom. The Balaban J connectivity index is 1.86. The molecule has 0 unspecified atom stereocenters. The summed E-state index contributed by atoms with van der Waals surface area (Å²) in [5, 5.41) is 6.68. The Hall–Kier alpha value is -2.40. The van der Waals surface area contributed by atoms with Gasteiger partial charge in [0.2, 0.25) is 0 Å². The molecule has 1 atom stereocenters. The van der Waals surface area contributed by atoms with E-state index in [1.54, 1.807) is 5.01 Å². The maximum Gasteiger partial charge on any atom is 0.187 e. The van der Waals surface area contributed by atoms with Gasteiger partial charge in [-0.25, -0.2) is 5.01 Å². The Bertz CT molecular complexity index is 753. The van der Waals surface area contributed by atoms with Crippen molar-refractivity contribution < 1.29 is 4.74 Å². The highest BCUT2D eigenvalue weighted by molar-refractivity contribution is 7.80. The van der Waals surface area contributed by atoms with Gasteiger partial charge in [0.15, 0.2) is 5.11 Å².